The van der Waals surface area contributed by atoms with Crippen LogP contribution in [0.1, 0.15) is 25.6 Å². The first-order valence-electron chi connectivity index (χ1n) is 6.07. The van der Waals surface area contributed by atoms with Gasteiger partial charge in [-0.15, -0.1) is 0 Å². The molecule has 0 saturated heterocycles. The molecule has 20 heavy (non-hydrogen) atoms. The lowest BCUT2D eigenvalue weighted by atomic mass is 10.2. The SMILES string of the molecule is CC(C)c1nc(NN)cc(Nc2ccc(F)cc2Cl)n1. The third-order valence-corrected chi connectivity index (χ3v) is 2.91. The monoisotopic (exact) mass is 295 g/mol. The second kappa shape index (κ2) is 6.02. The number of aromatic nitrogens is 2. The summed E-state index contributed by atoms with van der Waals surface area (Å²) in [7, 11) is 0. The van der Waals surface area contributed by atoms with Crippen LogP contribution in [-0.2, 0) is 0 Å². The molecule has 5 nitrogen and oxygen atoms in total. The number of hydrogen-bond acceptors (Lipinski definition) is 5. The Kier molecular flexibility index (Phi) is 4.36. The molecule has 1 aromatic carbocycles. The first-order chi connectivity index (χ1) is 9.49. The number of rotatable bonds is 4. The largest absolute Gasteiger partial charge is 0.339 e. The van der Waals surface area contributed by atoms with Crippen LogP contribution in [-0.4, -0.2) is 9.97 Å². The summed E-state index contributed by atoms with van der Waals surface area (Å²) in [6, 6.07) is 5.74. The molecule has 7 heteroatoms. The molecule has 0 fully saturated rings. The van der Waals surface area contributed by atoms with E-state index in [2.05, 4.69) is 20.7 Å². The minimum atomic E-state index is -0.393. The number of anilines is 3. The number of hydrazine groups is 1. The zero-order valence-corrected chi connectivity index (χ0v) is 11.9. The minimum absolute atomic E-state index is 0.146. The number of nitrogens with two attached hydrogens (primary N) is 1. The lowest BCUT2D eigenvalue weighted by Crippen LogP contribution is -2.12. The van der Waals surface area contributed by atoms with Gasteiger partial charge in [0.05, 0.1) is 10.7 Å². The molecule has 0 aliphatic heterocycles. The third-order valence-electron chi connectivity index (χ3n) is 2.60. The van der Waals surface area contributed by atoms with Gasteiger partial charge in [-0.1, -0.05) is 25.4 Å². The number of halogens is 2. The summed E-state index contributed by atoms with van der Waals surface area (Å²) in [6.07, 6.45) is 0. The number of nitrogens with one attached hydrogen (secondary N) is 2. The lowest BCUT2D eigenvalue weighted by Gasteiger charge is -2.12. The van der Waals surface area contributed by atoms with Crippen LogP contribution < -0.4 is 16.6 Å². The quantitative estimate of drug-likeness (QED) is 0.595. The number of nitrogens with zero attached hydrogens (tertiary/aromatic N) is 2. The molecule has 0 aliphatic carbocycles. The maximum Gasteiger partial charge on any atom is 0.145 e. The van der Waals surface area contributed by atoms with Gasteiger partial charge in [0.15, 0.2) is 0 Å². The predicted octanol–water partition coefficient (Wildman–Crippen LogP) is 3.42. The van der Waals surface area contributed by atoms with Crippen molar-refractivity contribution in [1.82, 2.24) is 9.97 Å². The number of benzene rings is 1. The van der Waals surface area contributed by atoms with Gasteiger partial charge < -0.3 is 10.7 Å². The molecule has 4 N–H and O–H groups in total. The van der Waals surface area contributed by atoms with Gasteiger partial charge in [0.2, 0.25) is 0 Å². The van der Waals surface area contributed by atoms with Crippen LogP contribution in [0.25, 0.3) is 0 Å². The van der Waals surface area contributed by atoms with Crippen molar-refractivity contribution in [3.8, 4) is 0 Å². The molecular formula is C13H15ClFN5. The fraction of sp³-hybridized carbons (Fsp3) is 0.231. The summed E-state index contributed by atoms with van der Waals surface area (Å²) in [6.45, 7) is 3.95. The second-order valence-electron chi connectivity index (χ2n) is 4.54. The van der Waals surface area contributed by atoms with Gasteiger partial charge in [0.25, 0.3) is 0 Å². The predicted molar refractivity (Wildman–Crippen MR) is 78.6 cm³/mol. The van der Waals surface area contributed by atoms with Gasteiger partial charge in [0.1, 0.15) is 23.3 Å². The Morgan fingerprint density at radius 1 is 1.20 bits per heavy atom. The van der Waals surface area contributed by atoms with Crippen LogP contribution in [0.15, 0.2) is 24.3 Å². The number of nitrogen functional groups attached to an aromatic ring is 1. The highest BCUT2D eigenvalue weighted by molar-refractivity contribution is 6.33. The summed E-state index contributed by atoms with van der Waals surface area (Å²) < 4.78 is 13.0. The zero-order valence-electron chi connectivity index (χ0n) is 11.1. The van der Waals surface area contributed by atoms with Gasteiger partial charge >= 0.3 is 0 Å². The Morgan fingerprint density at radius 3 is 2.50 bits per heavy atom. The van der Waals surface area contributed by atoms with E-state index in [4.69, 9.17) is 17.4 Å². The molecule has 0 saturated carbocycles. The van der Waals surface area contributed by atoms with Crippen LogP contribution in [0.3, 0.4) is 0 Å². The molecule has 0 atom stereocenters. The van der Waals surface area contributed by atoms with E-state index < -0.39 is 5.82 Å². The summed E-state index contributed by atoms with van der Waals surface area (Å²) >= 11 is 5.97. The molecule has 0 spiro atoms. The van der Waals surface area contributed by atoms with Crippen LogP contribution in [0.5, 0.6) is 0 Å². The molecule has 0 bridgehead atoms. The average molecular weight is 296 g/mol. The fourth-order valence-corrected chi connectivity index (χ4v) is 1.81. The molecule has 2 rings (SSSR count). The van der Waals surface area contributed by atoms with Crippen LogP contribution >= 0.6 is 11.6 Å². The summed E-state index contributed by atoms with van der Waals surface area (Å²) in [5.41, 5.74) is 3.05. The normalized spacial score (nSPS) is 10.7. The number of hydrogen-bond donors (Lipinski definition) is 3. The van der Waals surface area contributed by atoms with Crippen molar-refractivity contribution < 1.29 is 4.39 Å². The van der Waals surface area contributed by atoms with Crippen molar-refractivity contribution >= 4 is 28.9 Å². The van der Waals surface area contributed by atoms with Crippen LogP contribution in [0, 0.1) is 5.82 Å². The van der Waals surface area contributed by atoms with Crippen molar-refractivity contribution in [3.05, 3.63) is 40.9 Å². The third kappa shape index (κ3) is 3.34. The Hall–Kier alpha value is -1.92. The Labute approximate surface area is 121 Å². The lowest BCUT2D eigenvalue weighted by molar-refractivity contribution is 0.628. The molecule has 2 aromatic rings. The molecule has 106 valence electrons. The van der Waals surface area contributed by atoms with Crippen molar-refractivity contribution in [3.63, 3.8) is 0 Å². The van der Waals surface area contributed by atoms with Crippen LogP contribution in [0.2, 0.25) is 5.02 Å². The Bertz CT molecular complexity index is 618. The molecule has 0 radical (unpaired) electrons. The average Bonchev–Trinajstić information content (AvgIpc) is 2.41. The standard InChI is InChI=1S/C13H15ClFN5/c1-7(2)13-18-11(6-12(19-13)20-16)17-10-4-3-8(15)5-9(10)14/h3-7H,16H2,1-2H3,(H2,17,18,19,20). The van der Waals surface area contributed by atoms with E-state index in [9.17, 15) is 4.39 Å². The molecule has 0 unspecified atom stereocenters. The Morgan fingerprint density at radius 2 is 1.90 bits per heavy atom. The maximum absolute atomic E-state index is 13.0. The van der Waals surface area contributed by atoms with Crippen molar-refractivity contribution in [2.45, 2.75) is 19.8 Å². The molecule has 0 amide bonds. The fourth-order valence-electron chi connectivity index (χ4n) is 1.59. The van der Waals surface area contributed by atoms with Gasteiger partial charge in [-0.25, -0.2) is 20.2 Å². The first kappa shape index (κ1) is 14.5. The van der Waals surface area contributed by atoms with E-state index in [0.717, 1.165) is 0 Å². The van der Waals surface area contributed by atoms with Gasteiger partial charge in [0, 0.05) is 12.0 Å². The van der Waals surface area contributed by atoms with E-state index >= 15 is 0 Å². The van der Waals surface area contributed by atoms with Gasteiger partial charge in [-0.3, -0.25) is 0 Å². The topological polar surface area (TPSA) is 75.9 Å². The summed E-state index contributed by atoms with van der Waals surface area (Å²) in [4.78, 5) is 8.62. The van der Waals surface area contributed by atoms with E-state index in [0.29, 0.717) is 23.1 Å². The summed E-state index contributed by atoms with van der Waals surface area (Å²) in [5.74, 6) is 6.80. The highest BCUT2D eigenvalue weighted by atomic mass is 35.5. The second-order valence-corrected chi connectivity index (χ2v) is 4.95. The van der Waals surface area contributed by atoms with Gasteiger partial charge in [-0.2, -0.15) is 0 Å². The van der Waals surface area contributed by atoms with E-state index in [1.54, 1.807) is 12.1 Å². The molecule has 1 heterocycles. The first-order valence-corrected chi connectivity index (χ1v) is 6.45. The highest BCUT2D eigenvalue weighted by Gasteiger charge is 2.09. The van der Waals surface area contributed by atoms with E-state index in [1.807, 2.05) is 13.8 Å². The summed E-state index contributed by atoms with van der Waals surface area (Å²) in [5, 5.41) is 3.30. The van der Waals surface area contributed by atoms with Crippen molar-refractivity contribution in [2.24, 2.45) is 5.84 Å². The van der Waals surface area contributed by atoms with Gasteiger partial charge in [-0.05, 0) is 18.2 Å². The smallest absolute Gasteiger partial charge is 0.145 e. The zero-order chi connectivity index (χ0) is 14.7. The van der Waals surface area contributed by atoms with Crippen LogP contribution in [0.4, 0.5) is 21.7 Å². The molecule has 0 aliphatic rings. The molecule has 1 aromatic heterocycles. The molecular weight excluding hydrogens is 281 g/mol. The van der Waals surface area contributed by atoms with E-state index in [-0.39, 0.29) is 10.9 Å². The van der Waals surface area contributed by atoms with E-state index in [1.165, 1.54) is 12.1 Å². The van der Waals surface area contributed by atoms with Crippen molar-refractivity contribution in [1.29, 1.82) is 0 Å². The minimum Gasteiger partial charge on any atom is -0.339 e. The maximum atomic E-state index is 13.0. The van der Waals surface area contributed by atoms with Crippen molar-refractivity contribution in [2.75, 3.05) is 10.7 Å². The highest BCUT2D eigenvalue weighted by Crippen LogP contribution is 2.26. The Balaban J connectivity index is 2.34.